The Balaban J connectivity index is 2.51. The van der Waals surface area contributed by atoms with Crippen LogP contribution in [0.3, 0.4) is 0 Å². The molecule has 0 saturated carbocycles. The number of carbonyl (C=O) groups excluding carboxylic acids is 2. The first-order chi connectivity index (χ1) is 16.1. The molecule has 6 nitrogen and oxygen atoms in total. The Morgan fingerprint density at radius 3 is 2.09 bits per heavy atom. The zero-order valence-corrected chi connectivity index (χ0v) is 26.1. The minimum absolute atomic E-state index is 0.121. The molecule has 2 atom stereocenters. The van der Waals surface area contributed by atoms with Gasteiger partial charge < -0.3 is 0 Å². The molecule has 194 valence electrons. The van der Waals surface area contributed by atoms with E-state index < -0.39 is 29.9 Å². The van der Waals surface area contributed by atoms with Crippen molar-refractivity contribution in [1.29, 1.82) is 0 Å². The monoisotopic (exact) mass is 602 g/mol. The van der Waals surface area contributed by atoms with Crippen LogP contribution < -0.4 is 0 Å². The standard InChI is InChI=1S/C14H19N2O4S.3C4H9.Sn/c1-14(2,3)20-13(18)16-7-5-6-10(16)11-15-9(8-21-11)12(17)19-4;3*1-3-4-2;/h7-8,10H,5-6H2,1-4H3;3*1,3-4H2,2H3;/t10-;;;;/m0..../s1. The van der Waals surface area contributed by atoms with Gasteiger partial charge in [-0.3, -0.25) is 0 Å². The van der Waals surface area contributed by atoms with E-state index in [1.807, 2.05) is 20.8 Å². The Morgan fingerprint density at radius 1 is 1.06 bits per heavy atom. The van der Waals surface area contributed by atoms with E-state index in [2.05, 4.69) is 30.7 Å². The van der Waals surface area contributed by atoms with Crippen LogP contribution in [0.1, 0.15) is 114 Å². The summed E-state index contributed by atoms with van der Waals surface area (Å²) in [7, 11) is 1.37. The first-order valence-corrected chi connectivity index (χ1v) is 21.8. The first-order valence-electron chi connectivity index (χ1n) is 13.2. The Bertz CT molecular complexity index is 770. The molecule has 0 radical (unpaired) electrons. The third-order valence-corrected chi connectivity index (χ3v) is 25.1. The first kappa shape index (κ1) is 29.4. The number of aromatic nitrogens is 1. The fourth-order valence-corrected chi connectivity index (χ4v) is 25.0. The van der Waals surface area contributed by atoms with Gasteiger partial charge in [0, 0.05) is 0 Å². The number of hydrogen-bond donors (Lipinski definition) is 0. The molecule has 0 N–H and O–H groups in total. The van der Waals surface area contributed by atoms with Crippen LogP contribution in [0.15, 0.2) is 5.38 Å². The van der Waals surface area contributed by atoms with Gasteiger partial charge in [0.15, 0.2) is 0 Å². The number of amides is 1. The Morgan fingerprint density at radius 2 is 1.62 bits per heavy atom. The topological polar surface area (TPSA) is 68.7 Å². The van der Waals surface area contributed by atoms with E-state index in [1.165, 1.54) is 70.3 Å². The summed E-state index contributed by atoms with van der Waals surface area (Å²) in [6, 6.07) is -0.121. The SMILES string of the molecule is CCC[CH2][Sn]([CH2]CCC)([CH2]CCC)[CH]1CC[C@@H](c2nc(C(=O)OC)cs2)N1C(=O)OC(C)(C)C. The predicted molar refractivity (Wildman–Crippen MR) is 142 cm³/mol. The summed E-state index contributed by atoms with van der Waals surface area (Å²) in [5, 5.41) is 2.58. The molecular formula is C26H46N2O4SSn. The number of hydrogen-bond acceptors (Lipinski definition) is 6. The van der Waals surface area contributed by atoms with Crippen LogP contribution in [0.4, 0.5) is 4.79 Å². The van der Waals surface area contributed by atoms with Gasteiger partial charge in [-0.1, -0.05) is 0 Å². The number of rotatable bonds is 12. The van der Waals surface area contributed by atoms with Gasteiger partial charge in [0.1, 0.15) is 0 Å². The van der Waals surface area contributed by atoms with Crippen LogP contribution >= 0.6 is 11.3 Å². The van der Waals surface area contributed by atoms with Crippen LogP contribution in [0.5, 0.6) is 0 Å². The number of ether oxygens (including phenoxy) is 2. The molecule has 0 aromatic carbocycles. The molecule has 34 heavy (non-hydrogen) atoms. The van der Waals surface area contributed by atoms with Crippen molar-refractivity contribution in [2.45, 2.75) is 122 Å². The number of thiazole rings is 1. The van der Waals surface area contributed by atoms with E-state index in [-0.39, 0.29) is 12.1 Å². The summed E-state index contributed by atoms with van der Waals surface area (Å²) in [4.78, 5) is 32.5. The van der Waals surface area contributed by atoms with Gasteiger partial charge in [-0.25, -0.2) is 0 Å². The average molecular weight is 601 g/mol. The maximum atomic E-state index is 13.7. The molecule has 1 amide bonds. The van der Waals surface area contributed by atoms with E-state index in [0.717, 1.165) is 17.8 Å². The number of nitrogens with zero attached hydrogens (tertiary/aromatic N) is 2. The molecule has 1 saturated heterocycles. The molecule has 1 aliphatic heterocycles. The summed E-state index contributed by atoms with van der Waals surface area (Å²) < 4.78 is 15.2. The van der Waals surface area contributed by atoms with E-state index >= 15 is 0 Å². The zero-order valence-electron chi connectivity index (χ0n) is 22.4. The number of carbonyl (C=O) groups is 2. The van der Waals surface area contributed by atoms with Crippen molar-refractivity contribution in [2.24, 2.45) is 0 Å². The van der Waals surface area contributed by atoms with Crippen LogP contribution in [0.2, 0.25) is 13.3 Å². The summed E-state index contributed by atoms with van der Waals surface area (Å²) >= 11 is -1.32. The van der Waals surface area contributed by atoms with Gasteiger partial charge in [-0.15, -0.1) is 0 Å². The molecule has 1 unspecified atom stereocenters. The Labute approximate surface area is 215 Å². The summed E-state index contributed by atoms with van der Waals surface area (Å²) in [5.74, 6) is -0.428. The Kier molecular flexibility index (Phi) is 11.6. The van der Waals surface area contributed by atoms with Gasteiger partial charge >= 0.3 is 216 Å². The van der Waals surface area contributed by atoms with Crippen molar-refractivity contribution in [3.8, 4) is 0 Å². The number of methoxy groups -OCH3 is 1. The van der Waals surface area contributed by atoms with Crippen LogP contribution in [-0.2, 0) is 9.47 Å². The molecule has 0 spiro atoms. The molecule has 0 aliphatic carbocycles. The summed E-state index contributed by atoms with van der Waals surface area (Å²) in [5.41, 5.74) is -0.226. The second-order valence-corrected chi connectivity index (χ2v) is 25.6. The third-order valence-electron chi connectivity index (χ3n) is 6.98. The van der Waals surface area contributed by atoms with Gasteiger partial charge in [0.05, 0.1) is 0 Å². The van der Waals surface area contributed by atoms with E-state index in [4.69, 9.17) is 9.47 Å². The van der Waals surface area contributed by atoms with Gasteiger partial charge in [0.25, 0.3) is 0 Å². The average Bonchev–Trinajstić information content (AvgIpc) is 3.45. The van der Waals surface area contributed by atoms with Crippen LogP contribution in [0, 0.1) is 0 Å². The quantitative estimate of drug-likeness (QED) is 0.181. The summed E-state index contributed by atoms with van der Waals surface area (Å²) in [6.07, 6.45) is 9.10. The molecule has 1 aliphatic rings. The van der Waals surface area contributed by atoms with Crippen molar-refractivity contribution >= 4 is 41.8 Å². The molecule has 2 rings (SSSR count). The molecular weight excluding hydrogens is 555 g/mol. The second kappa shape index (κ2) is 13.5. The summed E-state index contributed by atoms with van der Waals surface area (Å²) in [6.45, 7) is 12.7. The van der Waals surface area contributed by atoms with E-state index in [9.17, 15) is 9.59 Å². The maximum absolute atomic E-state index is 13.7. The normalized spacial score (nSPS) is 18.9. The molecule has 1 fully saturated rings. The zero-order chi connectivity index (χ0) is 25.4. The molecule has 1 aromatic rings. The molecule has 2 heterocycles. The third kappa shape index (κ3) is 7.58. The fourth-order valence-electron chi connectivity index (χ4n) is 5.32. The number of likely N-dealkylation sites (tertiary alicyclic amines) is 1. The van der Waals surface area contributed by atoms with Crippen LogP contribution in [-0.4, -0.2) is 57.1 Å². The van der Waals surface area contributed by atoms with Gasteiger partial charge in [0.2, 0.25) is 0 Å². The van der Waals surface area contributed by atoms with E-state index in [1.54, 1.807) is 5.38 Å². The van der Waals surface area contributed by atoms with Crippen molar-refractivity contribution in [1.82, 2.24) is 9.88 Å². The second-order valence-electron chi connectivity index (χ2n) is 10.7. The number of esters is 1. The van der Waals surface area contributed by atoms with Crippen molar-refractivity contribution in [2.75, 3.05) is 7.11 Å². The van der Waals surface area contributed by atoms with Crippen LogP contribution in [0.25, 0.3) is 0 Å². The fraction of sp³-hybridized carbons (Fsp3) is 0.808. The molecule has 1 aromatic heterocycles. The molecule has 0 bridgehead atoms. The number of unbranched alkanes of at least 4 members (excludes halogenated alkanes) is 3. The minimum atomic E-state index is -2.78. The van der Waals surface area contributed by atoms with E-state index in [0.29, 0.717) is 9.75 Å². The van der Waals surface area contributed by atoms with Gasteiger partial charge in [-0.05, 0) is 0 Å². The van der Waals surface area contributed by atoms with Crippen molar-refractivity contribution in [3.05, 3.63) is 16.1 Å². The van der Waals surface area contributed by atoms with Crippen molar-refractivity contribution < 1.29 is 19.1 Å². The van der Waals surface area contributed by atoms with Gasteiger partial charge in [-0.2, -0.15) is 0 Å². The predicted octanol–water partition coefficient (Wildman–Crippen LogP) is 7.76. The Hall–Kier alpha value is -0.831. The molecule has 8 heteroatoms. The van der Waals surface area contributed by atoms with Crippen molar-refractivity contribution in [3.63, 3.8) is 0 Å².